The number of carboxylic acid groups (broad SMARTS) is 1. The van der Waals surface area contributed by atoms with Crippen LogP contribution in [0.4, 0.5) is 5.69 Å². The summed E-state index contributed by atoms with van der Waals surface area (Å²) in [5.74, 6) is 0.409. The summed E-state index contributed by atoms with van der Waals surface area (Å²) in [6, 6.07) is 12.3. The van der Waals surface area contributed by atoms with Crippen molar-refractivity contribution in [1.29, 1.82) is 0 Å². The summed E-state index contributed by atoms with van der Waals surface area (Å²) < 4.78 is 10.4. The van der Waals surface area contributed by atoms with Crippen LogP contribution >= 0.6 is 0 Å². The van der Waals surface area contributed by atoms with Gasteiger partial charge in [0.2, 0.25) is 0 Å². The van der Waals surface area contributed by atoms with Crippen molar-refractivity contribution in [2.24, 2.45) is 0 Å². The molecule has 0 aliphatic heterocycles. The molecule has 0 saturated carbocycles. The van der Waals surface area contributed by atoms with Crippen molar-refractivity contribution < 1.29 is 19.4 Å². The van der Waals surface area contributed by atoms with E-state index in [0.717, 1.165) is 11.3 Å². The number of rotatable bonds is 6. The monoisotopic (exact) mass is 317 g/mol. The summed E-state index contributed by atoms with van der Waals surface area (Å²) >= 11 is 0. The fourth-order valence-corrected chi connectivity index (χ4v) is 1.92. The van der Waals surface area contributed by atoms with E-state index in [2.05, 4.69) is 5.32 Å². The largest absolute Gasteiger partial charge is 0.493 e. The Balaban J connectivity index is 0.00000127. The minimum absolute atomic E-state index is 0.282. The van der Waals surface area contributed by atoms with E-state index < -0.39 is 5.97 Å². The normalized spacial score (nSPS) is 9.39. The topological polar surface area (TPSA) is 67.8 Å². The Morgan fingerprint density at radius 2 is 1.61 bits per heavy atom. The predicted molar refractivity (Wildman–Crippen MR) is 91.6 cm³/mol. The Morgan fingerprint density at radius 1 is 1.00 bits per heavy atom. The van der Waals surface area contributed by atoms with Crippen molar-refractivity contribution in [3.05, 3.63) is 53.6 Å². The van der Waals surface area contributed by atoms with Crippen LogP contribution in [0.3, 0.4) is 0 Å². The molecule has 0 fully saturated rings. The van der Waals surface area contributed by atoms with E-state index in [9.17, 15) is 4.79 Å². The molecule has 0 atom stereocenters. The van der Waals surface area contributed by atoms with E-state index in [4.69, 9.17) is 14.6 Å². The van der Waals surface area contributed by atoms with Crippen molar-refractivity contribution in [3.8, 4) is 11.5 Å². The zero-order chi connectivity index (χ0) is 17.2. The van der Waals surface area contributed by atoms with E-state index in [0.29, 0.717) is 18.0 Å². The summed E-state index contributed by atoms with van der Waals surface area (Å²) in [6.45, 7) is 4.59. The summed E-state index contributed by atoms with van der Waals surface area (Å²) in [6.07, 6.45) is 0. The number of anilines is 1. The van der Waals surface area contributed by atoms with Gasteiger partial charge in [-0.25, -0.2) is 4.79 Å². The van der Waals surface area contributed by atoms with Gasteiger partial charge in [-0.2, -0.15) is 0 Å². The highest BCUT2D eigenvalue weighted by Crippen LogP contribution is 2.29. The van der Waals surface area contributed by atoms with E-state index in [1.54, 1.807) is 38.5 Å². The summed E-state index contributed by atoms with van der Waals surface area (Å²) in [7, 11) is 3.18. The first-order valence-electron chi connectivity index (χ1n) is 7.42. The first-order valence-corrected chi connectivity index (χ1v) is 7.42. The zero-order valence-corrected chi connectivity index (χ0v) is 13.9. The van der Waals surface area contributed by atoms with Crippen LogP contribution in [0.1, 0.15) is 29.8 Å². The molecule has 0 radical (unpaired) electrons. The van der Waals surface area contributed by atoms with Gasteiger partial charge in [0.25, 0.3) is 0 Å². The zero-order valence-electron chi connectivity index (χ0n) is 13.9. The second-order valence-electron chi connectivity index (χ2n) is 4.43. The van der Waals surface area contributed by atoms with E-state index in [1.165, 1.54) is 0 Å². The minimum atomic E-state index is -0.922. The first kappa shape index (κ1) is 18.4. The molecule has 2 aromatic rings. The maximum absolute atomic E-state index is 10.8. The highest BCUT2D eigenvalue weighted by molar-refractivity contribution is 5.87. The third-order valence-electron chi connectivity index (χ3n) is 3.08. The van der Waals surface area contributed by atoms with Crippen LogP contribution in [0.25, 0.3) is 0 Å². The Hall–Kier alpha value is -2.69. The number of aromatic carboxylic acids is 1. The molecule has 0 unspecified atom stereocenters. The van der Waals surface area contributed by atoms with Gasteiger partial charge in [-0.1, -0.05) is 26.0 Å². The SMILES string of the molecule is CC.COc1ccc(NCc2ccc(C(=O)O)cc2)cc1OC. The molecule has 0 bridgehead atoms. The van der Waals surface area contributed by atoms with Crippen LogP contribution in [0.15, 0.2) is 42.5 Å². The van der Waals surface area contributed by atoms with Gasteiger partial charge in [0.1, 0.15) is 0 Å². The Morgan fingerprint density at radius 3 is 2.13 bits per heavy atom. The number of hydrogen-bond acceptors (Lipinski definition) is 4. The number of methoxy groups -OCH3 is 2. The van der Waals surface area contributed by atoms with Crippen LogP contribution in [0.2, 0.25) is 0 Å². The molecule has 0 heterocycles. The van der Waals surface area contributed by atoms with Crippen molar-refractivity contribution in [1.82, 2.24) is 0 Å². The van der Waals surface area contributed by atoms with Gasteiger partial charge in [0.05, 0.1) is 19.8 Å². The van der Waals surface area contributed by atoms with Gasteiger partial charge < -0.3 is 19.9 Å². The predicted octanol–water partition coefficient (Wildman–Crippen LogP) is 4.04. The van der Waals surface area contributed by atoms with Crippen molar-refractivity contribution >= 4 is 11.7 Å². The molecule has 5 heteroatoms. The Labute approximate surface area is 136 Å². The quantitative estimate of drug-likeness (QED) is 0.841. The summed E-state index contributed by atoms with van der Waals surface area (Å²) in [5, 5.41) is 12.1. The average Bonchev–Trinajstić information content (AvgIpc) is 2.61. The minimum Gasteiger partial charge on any atom is -0.493 e. The molecule has 0 saturated heterocycles. The summed E-state index contributed by atoms with van der Waals surface area (Å²) in [4.78, 5) is 10.8. The highest BCUT2D eigenvalue weighted by Gasteiger charge is 2.05. The first-order chi connectivity index (χ1) is 11.1. The van der Waals surface area contributed by atoms with Gasteiger partial charge in [0.15, 0.2) is 11.5 Å². The third-order valence-corrected chi connectivity index (χ3v) is 3.08. The average molecular weight is 317 g/mol. The van der Waals surface area contributed by atoms with Gasteiger partial charge in [-0.15, -0.1) is 0 Å². The molecular formula is C18H23NO4. The van der Waals surface area contributed by atoms with Crippen LogP contribution in [-0.4, -0.2) is 25.3 Å². The maximum Gasteiger partial charge on any atom is 0.335 e. The lowest BCUT2D eigenvalue weighted by Gasteiger charge is -2.11. The second-order valence-corrected chi connectivity index (χ2v) is 4.43. The fraction of sp³-hybridized carbons (Fsp3) is 0.278. The number of benzene rings is 2. The molecular weight excluding hydrogens is 294 g/mol. The van der Waals surface area contributed by atoms with Gasteiger partial charge in [-0.05, 0) is 29.8 Å². The molecule has 2 aromatic carbocycles. The second kappa shape index (κ2) is 9.35. The molecule has 0 aliphatic rings. The Bertz CT molecular complexity index is 623. The van der Waals surface area contributed by atoms with E-state index in [-0.39, 0.29) is 5.56 Å². The summed E-state index contributed by atoms with van der Waals surface area (Å²) in [5.41, 5.74) is 2.18. The number of carbonyl (C=O) groups is 1. The molecule has 2 N–H and O–H groups in total. The molecule has 23 heavy (non-hydrogen) atoms. The van der Waals surface area contributed by atoms with E-state index in [1.807, 2.05) is 32.0 Å². The number of ether oxygens (including phenoxy) is 2. The molecule has 0 aromatic heterocycles. The fourth-order valence-electron chi connectivity index (χ4n) is 1.92. The van der Waals surface area contributed by atoms with Crippen LogP contribution in [-0.2, 0) is 6.54 Å². The standard InChI is InChI=1S/C16H17NO4.C2H6/c1-20-14-8-7-13(9-15(14)21-2)17-10-11-3-5-12(6-4-11)16(18)19;1-2/h3-9,17H,10H2,1-2H3,(H,18,19);1-2H3. The van der Waals surface area contributed by atoms with Gasteiger partial charge in [-0.3, -0.25) is 0 Å². The van der Waals surface area contributed by atoms with Crippen molar-refractivity contribution in [2.75, 3.05) is 19.5 Å². The van der Waals surface area contributed by atoms with Crippen molar-refractivity contribution in [2.45, 2.75) is 20.4 Å². The molecule has 124 valence electrons. The van der Waals surface area contributed by atoms with Crippen LogP contribution in [0.5, 0.6) is 11.5 Å². The highest BCUT2D eigenvalue weighted by atomic mass is 16.5. The lowest BCUT2D eigenvalue weighted by atomic mass is 10.1. The molecule has 0 spiro atoms. The smallest absolute Gasteiger partial charge is 0.335 e. The number of carboxylic acids is 1. The van der Waals surface area contributed by atoms with E-state index >= 15 is 0 Å². The Kier molecular flexibility index (Phi) is 7.47. The van der Waals surface area contributed by atoms with Gasteiger partial charge in [0, 0.05) is 18.3 Å². The van der Waals surface area contributed by atoms with Crippen LogP contribution < -0.4 is 14.8 Å². The lowest BCUT2D eigenvalue weighted by Crippen LogP contribution is -2.01. The number of hydrogen-bond donors (Lipinski definition) is 2. The molecule has 0 aliphatic carbocycles. The van der Waals surface area contributed by atoms with Gasteiger partial charge >= 0.3 is 5.97 Å². The third kappa shape index (κ3) is 5.21. The maximum atomic E-state index is 10.8. The molecule has 0 amide bonds. The van der Waals surface area contributed by atoms with Crippen molar-refractivity contribution in [3.63, 3.8) is 0 Å². The number of nitrogens with one attached hydrogen (secondary N) is 1. The molecule has 5 nitrogen and oxygen atoms in total. The van der Waals surface area contributed by atoms with Crippen LogP contribution in [0, 0.1) is 0 Å². The molecule has 2 rings (SSSR count). The lowest BCUT2D eigenvalue weighted by molar-refractivity contribution is 0.0697.